The maximum Gasteiger partial charge on any atom is 0.368 e. The monoisotopic (exact) mass is 279 g/mol. The number of rotatable bonds is 5. The zero-order valence-electron chi connectivity index (χ0n) is 10.9. The van der Waals surface area contributed by atoms with Gasteiger partial charge in [-0.25, -0.2) is 4.98 Å². The van der Waals surface area contributed by atoms with Crippen LogP contribution in [0.3, 0.4) is 0 Å². The first-order valence-corrected chi connectivity index (χ1v) is 5.83. The van der Waals surface area contributed by atoms with E-state index in [0.29, 0.717) is 11.5 Å². The molecule has 0 aliphatic heterocycles. The summed E-state index contributed by atoms with van der Waals surface area (Å²) < 4.78 is 1.12. The van der Waals surface area contributed by atoms with Gasteiger partial charge in [0, 0.05) is 19.7 Å². The van der Waals surface area contributed by atoms with Gasteiger partial charge in [-0.05, 0) is 11.0 Å². The summed E-state index contributed by atoms with van der Waals surface area (Å²) in [5, 5.41) is 23.8. The van der Waals surface area contributed by atoms with Crippen LogP contribution in [-0.2, 0) is 4.79 Å². The van der Waals surface area contributed by atoms with Crippen LogP contribution in [0.4, 0.5) is 11.6 Å². The Morgan fingerprint density at radius 2 is 2.30 bits per heavy atom. The molecule has 0 aromatic carbocycles. The van der Waals surface area contributed by atoms with Gasteiger partial charge in [0.25, 0.3) is 0 Å². The van der Waals surface area contributed by atoms with Crippen molar-refractivity contribution < 1.29 is 14.8 Å². The van der Waals surface area contributed by atoms with Gasteiger partial charge < -0.3 is 20.1 Å². The second-order valence-electron chi connectivity index (χ2n) is 4.45. The van der Waals surface area contributed by atoms with Gasteiger partial charge in [0.05, 0.1) is 5.92 Å². The summed E-state index contributed by atoms with van der Waals surface area (Å²) in [5.74, 6) is -1.28. The molecule has 2 aromatic rings. The molecule has 0 spiro atoms. The van der Waals surface area contributed by atoms with Gasteiger partial charge in [-0.15, -0.1) is 0 Å². The van der Waals surface area contributed by atoms with E-state index in [-0.39, 0.29) is 12.4 Å². The van der Waals surface area contributed by atoms with Gasteiger partial charge in [-0.1, -0.05) is 16.5 Å². The van der Waals surface area contributed by atoms with Gasteiger partial charge in [0.15, 0.2) is 5.82 Å². The summed E-state index contributed by atoms with van der Waals surface area (Å²) in [6.45, 7) is 1.83. The number of aliphatic carboxylic acids is 1. The molecule has 1 unspecified atom stereocenters. The molecule has 0 amide bonds. The molecule has 2 heterocycles. The number of hydrogen-bond donors (Lipinski definition) is 1. The van der Waals surface area contributed by atoms with Crippen molar-refractivity contribution in [1.82, 2.24) is 14.6 Å². The highest BCUT2D eigenvalue weighted by Crippen LogP contribution is 2.17. The van der Waals surface area contributed by atoms with Crippen LogP contribution in [-0.4, -0.2) is 44.2 Å². The van der Waals surface area contributed by atoms with Crippen molar-refractivity contribution >= 4 is 23.3 Å². The van der Waals surface area contributed by atoms with Crippen LogP contribution in [0.1, 0.15) is 6.92 Å². The number of fused-ring (bicyclic) bond motifs is 1. The third-order valence-electron chi connectivity index (χ3n) is 2.88. The SMILES string of the molecule is CC(CN(C)c1ccc2ncc([N+](=O)[O-])n2n1)C(=O)O. The topological polar surface area (TPSA) is 114 Å². The Hall–Kier alpha value is -2.71. The van der Waals surface area contributed by atoms with Crippen LogP contribution in [0.15, 0.2) is 18.3 Å². The Labute approximate surface area is 113 Å². The average molecular weight is 279 g/mol. The van der Waals surface area contributed by atoms with Crippen molar-refractivity contribution in [2.75, 3.05) is 18.5 Å². The molecule has 2 rings (SSSR count). The number of nitrogens with zero attached hydrogens (tertiary/aromatic N) is 5. The second-order valence-corrected chi connectivity index (χ2v) is 4.45. The molecule has 0 saturated carbocycles. The molecule has 2 aromatic heterocycles. The van der Waals surface area contributed by atoms with E-state index in [4.69, 9.17) is 5.11 Å². The van der Waals surface area contributed by atoms with E-state index in [1.165, 1.54) is 0 Å². The molecule has 0 radical (unpaired) electrons. The summed E-state index contributed by atoms with van der Waals surface area (Å²) in [5.41, 5.74) is 0.361. The van der Waals surface area contributed by atoms with Crippen LogP contribution in [0.5, 0.6) is 0 Å². The van der Waals surface area contributed by atoms with Crippen molar-refractivity contribution in [1.29, 1.82) is 0 Å². The van der Waals surface area contributed by atoms with E-state index in [1.54, 1.807) is 31.0 Å². The fourth-order valence-corrected chi connectivity index (χ4v) is 1.76. The Morgan fingerprint density at radius 3 is 2.90 bits per heavy atom. The lowest BCUT2D eigenvalue weighted by atomic mass is 10.2. The number of nitro groups is 1. The predicted octanol–water partition coefficient (Wildman–Crippen LogP) is 0.794. The lowest BCUT2D eigenvalue weighted by Crippen LogP contribution is -2.29. The van der Waals surface area contributed by atoms with Gasteiger partial charge in [0.1, 0.15) is 6.20 Å². The largest absolute Gasteiger partial charge is 0.481 e. The minimum atomic E-state index is -0.911. The van der Waals surface area contributed by atoms with Gasteiger partial charge in [-0.2, -0.15) is 0 Å². The smallest absolute Gasteiger partial charge is 0.368 e. The Bertz CT molecular complexity index is 668. The number of hydrogen-bond acceptors (Lipinski definition) is 6. The van der Waals surface area contributed by atoms with Crippen molar-refractivity contribution in [3.63, 3.8) is 0 Å². The fourth-order valence-electron chi connectivity index (χ4n) is 1.76. The Morgan fingerprint density at radius 1 is 1.60 bits per heavy atom. The van der Waals surface area contributed by atoms with Crippen molar-refractivity contribution in [3.05, 3.63) is 28.4 Å². The Balaban J connectivity index is 2.33. The third kappa shape index (κ3) is 2.51. The van der Waals surface area contributed by atoms with Gasteiger partial charge >= 0.3 is 11.8 Å². The van der Waals surface area contributed by atoms with E-state index in [1.807, 2.05) is 0 Å². The highest BCUT2D eigenvalue weighted by Gasteiger charge is 2.19. The second kappa shape index (κ2) is 5.11. The van der Waals surface area contributed by atoms with Crippen LogP contribution in [0, 0.1) is 16.0 Å². The Kier molecular flexibility index (Phi) is 3.51. The number of carboxylic acid groups (broad SMARTS) is 1. The maximum absolute atomic E-state index is 10.8. The summed E-state index contributed by atoms with van der Waals surface area (Å²) in [6.07, 6.45) is 1.13. The van der Waals surface area contributed by atoms with E-state index in [9.17, 15) is 14.9 Å². The zero-order valence-corrected chi connectivity index (χ0v) is 10.9. The molecule has 1 atom stereocenters. The molecule has 9 nitrogen and oxygen atoms in total. The summed E-state index contributed by atoms with van der Waals surface area (Å²) in [4.78, 5) is 26.6. The fraction of sp³-hybridized carbons (Fsp3) is 0.364. The maximum atomic E-state index is 10.8. The molecule has 1 N–H and O–H groups in total. The van der Waals surface area contributed by atoms with Crippen LogP contribution < -0.4 is 4.90 Å². The first kappa shape index (κ1) is 13.7. The van der Waals surface area contributed by atoms with E-state index in [2.05, 4.69) is 10.1 Å². The molecule has 9 heteroatoms. The molecule has 0 aliphatic carbocycles. The summed E-state index contributed by atoms with van der Waals surface area (Å²) in [6, 6.07) is 3.23. The summed E-state index contributed by atoms with van der Waals surface area (Å²) in [7, 11) is 1.68. The quantitative estimate of drug-likeness (QED) is 0.635. The van der Waals surface area contributed by atoms with Crippen molar-refractivity contribution in [2.45, 2.75) is 6.92 Å². The number of carboxylic acids is 1. The van der Waals surface area contributed by atoms with Gasteiger partial charge in [-0.3, -0.25) is 4.79 Å². The predicted molar refractivity (Wildman–Crippen MR) is 69.7 cm³/mol. The highest BCUT2D eigenvalue weighted by atomic mass is 16.6. The first-order valence-electron chi connectivity index (χ1n) is 5.83. The van der Waals surface area contributed by atoms with Gasteiger partial charge in [0.2, 0.25) is 5.65 Å². The normalized spacial score (nSPS) is 12.3. The van der Waals surface area contributed by atoms with Crippen LogP contribution in [0.25, 0.3) is 5.65 Å². The molecular weight excluding hydrogens is 266 g/mol. The molecule has 0 fully saturated rings. The molecule has 20 heavy (non-hydrogen) atoms. The van der Waals surface area contributed by atoms with Crippen LogP contribution >= 0.6 is 0 Å². The number of carbonyl (C=O) groups is 1. The minimum Gasteiger partial charge on any atom is -0.481 e. The van der Waals surface area contributed by atoms with E-state index < -0.39 is 16.8 Å². The molecular formula is C11H13N5O4. The standard InChI is InChI=1S/C11H13N5O4/c1-7(11(17)18)6-14(2)9-4-3-8-12-5-10(16(19)20)15(8)13-9/h3-5,7H,6H2,1-2H3,(H,17,18). The lowest BCUT2D eigenvalue weighted by Gasteiger charge is -2.19. The van der Waals surface area contributed by atoms with E-state index in [0.717, 1.165) is 10.7 Å². The minimum absolute atomic E-state index is 0.235. The summed E-state index contributed by atoms with van der Waals surface area (Å²) >= 11 is 0. The number of imidazole rings is 1. The molecule has 0 bridgehead atoms. The number of aromatic nitrogens is 3. The molecule has 0 aliphatic rings. The highest BCUT2D eigenvalue weighted by molar-refractivity contribution is 5.70. The lowest BCUT2D eigenvalue weighted by molar-refractivity contribution is -0.391. The number of anilines is 1. The van der Waals surface area contributed by atoms with E-state index >= 15 is 0 Å². The zero-order chi connectivity index (χ0) is 14.9. The van der Waals surface area contributed by atoms with Crippen molar-refractivity contribution in [3.8, 4) is 0 Å². The van der Waals surface area contributed by atoms with Crippen molar-refractivity contribution in [2.24, 2.45) is 5.92 Å². The average Bonchev–Trinajstić information content (AvgIpc) is 2.81. The van der Waals surface area contributed by atoms with Crippen LogP contribution in [0.2, 0.25) is 0 Å². The molecule has 0 saturated heterocycles. The first-order chi connectivity index (χ1) is 9.40. The molecule has 106 valence electrons. The third-order valence-corrected chi connectivity index (χ3v) is 2.88.